The minimum absolute atomic E-state index is 0.297. The molecule has 4 N–H and O–H groups in total. The van der Waals surface area contributed by atoms with Gasteiger partial charge in [0.15, 0.2) is 6.10 Å². The number of allylic oxidation sites excluding steroid dienone is 1. The third-order valence-electron chi connectivity index (χ3n) is 5.16. The molecule has 8 nitrogen and oxygen atoms in total. The average Bonchev–Trinajstić information content (AvgIpc) is 2.88. The SMILES string of the molecule is CCCCC=CC(O)C(O)C(O)C(OC)C(=O)N[C@H]1CSc2ccccc2N(C)C1=O. The molecule has 1 heterocycles. The van der Waals surface area contributed by atoms with Crippen molar-refractivity contribution in [3.63, 3.8) is 0 Å². The quantitative estimate of drug-likeness (QED) is 0.310. The van der Waals surface area contributed by atoms with E-state index < -0.39 is 36.4 Å². The van der Waals surface area contributed by atoms with Crippen LogP contribution in [-0.4, -0.2) is 77.5 Å². The number of benzene rings is 1. The highest BCUT2D eigenvalue weighted by atomic mass is 32.2. The number of ether oxygens (including phenoxy) is 1. The van der Waals surface area contributed by atoms with Crippen LogP contribution in [0.2, 0.25) is 0 Å². The number of likely N-dealkylation sites (N-methyl/N-ethyl adjacent to an activating group) is 1. The molecule has 1 aliphatic rings. The summed E-state index contributed by atoms with van der Waals surface area (Å²) in [5, 5.41) is 33.4. The van der Waals surface area contributed by atoms with Crippen LogP contribution < -0.4 is 10.2 Å². The van der Waals surface area contributed by atoms with Crippen LogP contribution in [0.15, 0.2) is 41.3 Å². The molecule has 0 fully saturated rings. The third-order valence-corrected chi connectivity index (χ3v) is 6.31. The number of anilines is 1. The highest BCUT2D eigenvalue weighted by molar-refractivity contribution is 7.99. The minimum atomic E-state index is -1.68. The smallest absolute Gasteiger partial charge is 0.252 e. The van der Waals surface area contributed by atoms with Crippen molar-refractivity contribution >= 4 is 29.3 Å². The first-order valence-corrected chi connectivity index (χ1v) is 11.3. The lowest BCUT2D eigenvalue weighted by Gasteiger charge is -2.28. The Morgan fingerprint density at radius 2 is 2.03 bits per heavy atom. The molecule has 1 aromatic carbocycles. The van der Waals surface area contributed by atoms with Gasteiger partial charge in [-0.25, -0.2) is 0 Å². The summed E-state index contributed by atoms with van der Waals surface area (Å²) in [4.78, 5) is 28.0. The Kier molecular flexibility index (Phi) is 9.98. The van der Waals surface area contributed by atoms with Gasteiger partial charge < -0.3 is 30.3 Å². The number of para-hydroxylation sites is 1. The van der Waals surface area contributed by atoms with Gasteiger partial charge in [-0.1, -0.05) is 44.1 Å². The number of fused-ring (bicyclic) bond motifs is 1. The van der Waals surface area contributed by atoms with Gasteiger partial charge in [0.05, 0.1) is 5.69 Å². The number of aliphatic hydroxyl groups is 3. The molecule has 31 heavy (non-hydrogen) atoms. The molecule has 1 aliphatic heterocycles. The van der Waals surface area contributed by atoms with E-state index in [0.29, 0.717) is 5.75 Å². The summed E-state index contributed by atoms with van der Waals surface area (Å²) in [6.07, 6.45) is -0.323. The number of hydrogen-bond acceptors (Lipinski definition) is 7. The molecule has 9 heteroatoms. The second-order valence-electron chi connectivity index (χ2n) is 7.44. The summed E-state index contributed by atoms with van der Waals surface area (Å²) in [5.41, 5.74) is 0.756. The lowest BCUT2D eigenvalue weighted by Crippen LogP contribution is -2.56. The van der Waals surface area contributed by atoms with E-state index in [1.165, 1.54) is 29.8 Å². The van der Waals surface area contributed by atoms with Crippen LogP contribution in [-0.2, 0) is 14.3 Å². The summed E-state index contributed by atoms with van der Waals surface area (Å²) in [7, 11) is 2.86. The predicted octanol–water partition coefficient (Wildman–Crippen LogP) is 1.08. The second kappa shape index (κ2) is 12.2. The van der Waals surface area contributed by atoms with E-state index in [4.69, 9.17) is 4.74 Å². The Balaban J connectivity index is 2.03. The number of methoxy groups -OCH3 is 1. The van der Waals surface area contributed by atoms with E-state index in [-0.39, 0.29) is 5.91 Å². The summed E-state index contributed by atoms with van der Waals surface area (Å²) in [6.45, 7) is 2.04. The molecule has 0 saturated heterocycles. The van der Waals surface area contributed by atoms with Crippen molar-refractivity contribution in [2.24, 2.45) is 0 Å². The molecule has 0 spiro atoms. The van der Waals surface area contributed by atoms with Crippen LogP contribution in [0.5, 0.6) is 0 Å². The van der Waals surface area contributed by atoms with Gasteiger partial charge in [-0.15, -0.1) is 11.8 Å². The maximum absolute atomic E-state index is 12.8. The molecular formula is C22H32N2O6S. The topological polar surface area (TPSA) is 119 Å². The van der Waals surface area contributed by atoms with E-state index in [0.717, 1.165) is 29.8 Å². The lowest BCUT2D eigenvalue weighted by atomic mass is 10.0. The maximum Gasteiger partial charge on any atom is 0.252 e. The van der Waals surface area contributed by atoms with E-state index in [9.17, 15) is 24.9 Å². The van der Waals surface area contributed by atoms with E-state index in [2.05, 4.69) is 5.32 Å². The first kappa shape index (κ1) is 25.4. The largest absolute Gasteiger partial charge is 0.387 e. The summed E-state index contributed by atoms with van der Waals surface area (Å²) < 4.78 is 5.10. The van der Waals surface area contributed by atoms with Crippen LogP contribution in [0.25, 0.3) is 0 Å². The normalized spacial score (nSPS) is 20.6. The number of carbonyl (C=O) groups is 2. The zero-order chi connectivity index (χ0) is 23.0. The van der Waals surface area contributed by atoms with Crippen LogP contribution in [0.4, 0.5) is 5.69 Å². The standard InChI is InChI=1S/C22H32N2O6S/c1-4-5-6-7-11-16(25)18(26)19(27)20(30-3)21(28)23-14-13-31-17-12-9-8-10-15(17)24(2)22(14)29/h7-12,14,16,18-20,25-27H,4-6,13H2,1-3H3,(H,23,28)/t14-,16?,18?,19?,20?/m0/s1. The summed E-state index contributed by atoms with van der Waals surface area (Å²) in [6, 6.07) is 6.61. The van der Waals surface area contributed by atoms with Crippen LogP contribution >= 0.6 is 11.8 Å². The van der Waals surface area contributed by atoms with Gasteiger partial charge in [-0.3, -0.25) is 9.59 Å². The Morgan fingerprint density at radius 3 is 2.71 bits per heavy atom. The van der Waals surface area contributed by atoms with Crippen LogP contribution in [0, 0.1) is 0 Å². The van der Waals surface area contributed by atoms with Crippen molar-refractivity contribution < 1.29 is 29.6 Å². The molecule has 0 saturated carbocycles. The van der Waals surface area contributed by atoms with Crippen molar-refractivity contribution in [2.45, 2.75) is 61.5 Å². The van der Waals surface area contributed by atoms with E-state index >= 15 is 0 Å². The van der Waals surface area contributed by atoms with Crippen LogP contribution in [0.3, 0.4) is 0 Å². The summed E-state index contributed by atoms with van der Waals surface area (Å²) >= 11 is 1.44. The zero-order valence-corrected chi connectivity index (χ0v) is 18.9. The molecule has 5 atom stereocenters. The van der Waals surface area contributed by atoms with Gasteiger partial charge in [0.25, 0.3) is 5.91 Å². The fourth-order valence-electron chi connectivity index (χ4n) is 3.26. The molecule has 172 valence electrons. The van der Waals surface area contributed by atoms with Gasteiger partial charge in [-0.2, -0.15) is 0 Å². The van der Waals surface area contributed by atoms with Gasteiger partial charge in [0.2, 0.25) is 5.91 Å². The van der Waals surface area contributed by atoms with Gasteiger partial charge in [0, 0.05) is 24.8 Å². The molecule has 2 amide bonds. The number of nitrogens with one attached hydrogen (secondary N) is 1. The predicted molar refractivity (Wildman–Crippen MR) is 120 cm³/mol. The number of carbonyl (C=O) groups excluding carboxylic acids is 2. The second-order valence-corrected chi connectivity index (χ2v) is 8.50. The number of nitrogens with zero attached hydrogens (tertiary/aromatic N) is 1. The molecule has 2 rings (SSSR count). The van der Waals surface area contributed by atoms with Crippen molar-refractivity contribution in [3.05, 3.63) is 36.4 Å². The highest BCUT2D eigenvalue weighted by Crippen LogP contribution is 2.33. The minimum Gasteiger partial charge on any atom is -0.387 e. The Hall–Kier alpha value is -1.91. The molecule has 0 radical (unpaired) electrons. The third kappa shape index (κ3) is 6.54. The monoisotopic (exact) mass is 452 g/mol. The average molecular weight is 453 g/mol. The van der Waals surface area contributed by atoms with Crippen molar-refractivity contribution in [1.29, 1.82) is 0 Å². The highest BCUT2D eigenvalue weighted by Gasteiger charge is 2.38. The van der Waals surface area contributed by atoms with Gasteiger partial charge >= 0.3 is 0 Å². The molecule has 4 unspecified atom stereocenters. The maximum atomic E-state index is 12.8. The first-order chi connectivity index (χ1) is 14.8. The molecule has 0 aliphatic carbocycles. The molecular weight excluding hydrogens is 420 g/mol. The van der Waals surface area contributed by atoms with Crippen molar-refractivity contribution in [1.82, 2.24) is 5.32 Å². The molecule has 0 aromatic heterocycles. The number of amides is 2. The van der Waals surface area contributed by atoms with Crippen molar-refractivity contribution in [2.75, 3.05) is 24.8 Å². The van der Waals surface area contributed by atoms with Gasteiger partial charge in [-0.05, 0) is 18.6 Å². The van der Waals surface area contributed by atoms with Gasteiger partial charge in [0.1, 0.15) is 24.4 Å². The molecule has 1 aromatic rings. The fraction of sp³-hybridized carbons (Fsp3) is 0.545. The zero-order valence-electron chi connectivity index (χ0n) is 18.1. The van der Waals surface area contributed by atoms with E-state index in [1.54, 1.807) is 13.1 Å². The first-order valence-electron chi connectivity index (χ1n) is 10.3. The van der Waals surface area contributed by atoms with Crippen LogP contribution in [0.1, 0.15) is 26.2 Å². The Labute approximate surface area is 187 Å². The number of aliphatic hydroxyl groups excluding tert-OH is 3. The number of unbranched alkanes of at least 4 members (excludes halogenated alkanes) is 2. The number of hydrogen-bond donors (Lipinski definition) is 4. The Morgan fingerprint density at radius 1 is 1.32 bits per heavy atom. The van der Waals surface area contributed by atoms with Crippen molar-refractivity contribution in [3.8, 4) is 0 Å². The number of rotatable bonds is 10. The fourth-order valence-corrected chi connectivity index (χ4v) is 4.36. The number of thioether (sulfide) groups is 1. The molecule has 0 bridgehead atoms. The lowest BCUT2D eigenvalue weighted by molar-refractivity contribution is -0.150. The summed E-state index contributed by atoms with van der Waals surface area (Å²) in [5.74, 6) is -0.729. The Bertz CT molecular complexity index is 774. The van der Waals surface area contributed by atoms with E-state index in [1.807, 2.05) is 31.2 Å².